The number of benzene rings is 1. The maximum absolute atomic E-state index is 13.4. The molecule has 4 unspecified atom stereocenters. The van der Waals surface area contributed by atoms with Crippen LogP contribution in [-0.2, 0) is 30.4 Å². The van der Waals surface area contributed by atoms with Crippen molar-refractivity contribution in [1.82, 2.24) is 16.0 Å². The number of primary amides is 1. The van der Waals surface area contributed by atoms with E-state index in [1.807, 2.05) is 0 Å². The molecule has 0 aliphatic carbocycles. The molecule has 0 fully saturated rings. The number of amides is 4. The number of aliphatic carboxylic acids is 1. The van der Waals surface area contributed by atoms with E-state index in [9.17, 15) is 29.1 Å². The van der Waals surface area contributed by atoms with Crippen LogP contribution in [0.1, 0.15) is 37.7 Å². The number of nitrogens with zero attached hydrogens (tertiary/aromatic N) is 2. The first-order valence-electron chi connectivity index (χ1n) is 13.1. The van der Waals surface area contributed by atoms with Gasteiger partial charge in [0.25, 0.3) is 0 Å². The minimum absolute atomic E-state index is 0.0109. The highest BCUT2D eigenvalue weighted by atomic mass is 16.4. The first kappa shape index (κ1) is 35.1. The van der Waals surface area contributed by atoms with Crippen molar-refractivity contribution in [3.8, 4) is 0 Å². The van der Waals surface area contributed by atoms with Gasteiger partial charge in [-0.05, 0) is 31.2 Å². The van der Waals surface area contributed by atoms with Gasteiger partial charge < -0.3 is 55.5 Å². The average Bonchev–Trinajstić information content (AvgIpc) is 2.91. The number of carbonyl (C=O) groups excluding carboxylic acids is 4. The third-order valence-electron chi connectivity index (χ3n) is 5.81. The molecule has 0 radical (unpaired) electrons. The molecule has 4 atom stereocenters. The van der Waals surface area contributed by atoms with Crippen molar-refractivity contribution in [2.24, 2.45) is 44.4 Å². The number of carboxylic acid groups (broad SMARTS) is 1. The minimum Gasteiger partial charge on any atom is -0.480 e. The molecule has 4 amide bonds. The summed E-state index contributed by atoms with van der Waals surface area (Å²) in [5.74, 6) is -4.74. The summed E-state index contributed by atoms with van der Waals surface area (Å²) in [6.45, 7) is 0.286. The summed E-state index contributed by atoms with van der Waals surface area (Å²) >= 11 is 0. The molecular formula is C25H41N11O6. The summed E-state index contributed by atoms with van der Waals surface area (Å²) in [6, 6.07) is 3.69. The van der Waals surface area contributed by atoms with Gasteiger partial charge in [-0.15, -0.1) is 0 Å². The highest BCUT2D eigenvalue weighted by Gasteiger charge is 2.30. The third kappa shape index (κ3) is 14.5. The first-order valence-corrected chi connectivity index (χ1v) is 13.1. The van der Waals surface area contributed by atoms with Crippen LogP contribution < -0.4 is 50.4 Å². The lowest BCUT2D eigenvalue weighted by atomic mass is 10.0. The fraction of sp³-hybridized carbons (Fsp3) is 0.480. The fourth-order valence-electron chi connectivity index (χ4n) is 3.73. The summed E-state index contributed by atoms with van der Waals surface area (Å²) in [4.78, 5) is 69.9. The molecule has 1 aromatic carbocycles. The van der Waals surface area contributed by atoms with Crippen LogP contribution in [0.5, 0.6) is 0 Å². The van der Waals surface area contributed by atoms with Gasteiger partial charge >= 0.3 is 5.97 Å². The molecule has 17 heteroatoms. The number of nitrogens with one attached hydrogen (secondary N) is 3. The number of carbonyl (C=O) groups is 5. The Morgan fingerprint density at radius 3 is 1.69 bits per heavy atom. The molecule has 17 nitrogen and oxygen atoms in total. The van der Waals surface area contributed by atoms with Crippen molar-refractivity contribution in [2.75, 3.05) is 13.1 Å². The average molecular weight is 592 g/mol. The predicted octanol–water partition coefficient (Wildman–Crippen LogP) is -3.92. The Bertz CT molecular complexity index is 1120. The van der Waals surface area contributed by atoms with Gasteiger partial charge in [0.05, 0.1) is 12.5 Å². The molecule has 0 saturated heterocycles. The second-order valence-electron chi connectivity index (χ2n) is 9.39. The van der Waals surface area contributed by atoms with Crippen molar-refractivity contribution in [3.05, 3.63) is 35.9 Å². The molecular weight excluding hydrogens is 550 g/mol. The van der Waals surface area contributed by atoms with Gasteiger partial charge in [-0.25, -0.2) is 4.79 Å². The van der Waals surface area contributed by atoms with E-state index in [1.165, 1.54) is 0 Å². The van der Waals surface area contributed by atoms with Crippen LogP contribution in [0.4, 0.5) is 0 Å². The lowest BCUT2D eigenvalue weighted by Gasteiger charge is -2.25. The highest BCUT2D eigenvalue weighted by Crippen LogP contribution is 2.08. The number of hydrogen-bond donors (Lipinski definition) is 10. The van der Waals surface area contributed by atoms with Crippen molar-refractivity contribution in [3.63, 3.8) is 0 Å². The minimum atomic E-state index is -1.30. The standard InChI is InChI=1S/C25H41N11O6/c26-15(13-19(27)37)20(38)36-18(12-14-6-2-1-3-7-14)22(40)34-16(8-4-10-32-24(28)29)21(39)35-17(23(41)42)9-5-11-33-25(30)31/h1-3,6-7,15-18H,4-5,8-13,26H2,(H2,27,37)(H,34,40)(H,35,39)(H,36,38)(H,41,42)(H4,28,29,32)(H4,30,31,33). The van der Waals surface area contributed by atoms with E-state index in [2.05, 4.69) is 25.9 Å². The smallest absolute Gasteiger partial charge is 0.326 e. The number of hydrogen-bond acceptors (Lipinski definition) is 8. The largest absolute Gasteiger partial charge is 0.480 e. The predicted molar refractivity (Wildman–Crippen MR) is 155 cm³/mol. The summed E-state index contributed by atoms with van der Waals surface area (Å²) in [5.41, 5.74) is 32.8. The Labute approximate surface area is 242 Å². The van der Waals surface area contributed by atoms with Crippen LogP contribution in [0, 0.1) is 0 Å². The topological polar surface area (TPSA) is 323 Å². The second-order valence-corrected chi connectivity index (χ2v) is 9.39. The quantitative estimate of drug-likeness (QED) is 0.0420. The van der Waals surface area contributed by atoms with Crippen molar-refractivity contribution in [2.45, 2.75) is 62.7 Å². The fourth-order valence-corrected chi connectivity index (χ4v) is 3.73. The monoisotopic (exact) mass is 591 g/mol. The van der Waals surface area contributed by atoms with Gasteiger partial charge in [-0.2, -0.15) is 0 Å². The molecule has 232 valence electrons. The van der Waals surface area contributed by atoms with Gasteiger partial charge in [0.15, 0.2) is 11.9 Å². The number of guanidine groups is 2. The maximum atomic E-state index is 13.4. The molecule has 0 heterocycles. The molecule has 0 saturated carbocycles. The summed E-state index contributed by atoms with van der Waals surface area (Å²) in [5, 5.41) is 17.1. The van der Waals surface area contributed by atoms with Crippen LogP contribution in [0.2, 0.25) is 0 Å². The third-order valence-corrected chi connectivity index (χ3v) is 5.81. The Kier molecular flexibility index (Phi) is 15.4. The van der Waals surface area contributed by atoms with Crippen molar-refractivity contribution >= 4 is 41.5 Å². The van der Waals surface area contributed by atoms with Gasteiger partial charge in [0, 0.05) is 19.5 Å². The van der Waals surface area contributed by atoms with Gasteiger partial charge in [0.1, 0.15) is 18.1 Å². The summed E-state index contributed by atoms with van der Waals surface area (Å²) in [7, 11) is 0. The van der Waals surface area contributed by atoms with Crippen LogP contribution in [0.25, 0.3) is 0 Å². The lowest BCUT2D eigenvalue weighted by Crippen LogP contribution is -2.57. The molecule has 1 aromatic rings. The van der Waals surface area contributed by atoms with E-state index < -0.39 is 60.2 Å². The Morgan fingerprint density at radius 2 is 1.19 bits per heavy atom. The number of nitrogens with two attached hydrogens (primary N) is 6. The zero-order valence-electron chi connectivity index (χ0n) is 23.2. The van der Waals surface area contributed by atoms with Crippen molar-refractivity contribution in [1.29, 1.82) is 0 Å². The second kappa shape index (κ2) is 18.4. The highest BCUT2D eigenvalue weighted by molar-refractivity contribution is 5.95. The number of aliphatic imine (C=N–C) groups is 2. The van der Waals surface area contributed by atoms with Gasteiger partial charge in [0.2, 0.25) is 23.6 Å². The molecule has 0 aliphatic rings. The summed E-state index contributed by atoms with van der Waals surface area (Å²) < 4.78 is 0. The van der Waals surface area contributed by atoms with Crippen LogP contribution in [0.15, 0.2) is 40.3 Å². The van der Waals surface area contributed by atoms with Crippen LogP contribution >= 0.6 is 0 Å². The Morgan fingerprint density at radius 1 is 0.714 bits per heavy atom. The van der Waals surface area contributed by atoms with E-state index in [0.29, 0.717) is 5.56 Å². The van der Waals surface area contributed by atoms with Crippen LogP contribution in [-0.4, -0.2) is 83.9 Å². The number of carboxylic acids is 1. The molecule has 0 aliphatic heterocycles. The van der Waals surface area contributed by atoms with E-state index in [-0.39, 0.29) is 57.1 Å². The Balaban J connectivity index is 3.14. The summed E-state index contributed by atoms with van der Waals surface area (Å²) in [6.07, 6.45) is 0.123. The lowest BCUT2D eigenvalue weighted by molar-refractivity contribution is -0.142. The first-order chi connectivity index (χ1) is 19.8. The molecule has 0 spiro atoms. The van der Waals surface area contributed by atoms with E-state index in [1.54, 1.807) is 30.3 Å². The van der Waals surface area contributed by atoms with Gasteiger partial charge in [-0.3, -0.25) is 29.2 Å². The molecule has 42 heavy (non-hydrogen) atoms. The molecule has 16 N–H and O–H groups in total. The maximum Gasteiger partial charge on any atom is 0.326 e. The van der Waals surface area contributed by atoms with E-state index in [0.717, 1.165) is 0 Å². The molecule has 1 rings (SSSR count). The van der Waals surface area contributed by atoms with Crippen LogP contribution in [0.3, 0.4) is 0 Å². The van der Waals surface area contributed by atoms with Crippen molar-refractivity contribution < 1.29 is 29.1 Å². The van der Waals surface area contributed by atoms with E-state index in [4.69, 9.17) is 34.4 Å². The number of rotatable bonds is 19. The molecule has 0 aromatic heterocycles. The van der Waals surface area contributed by atoms with Gasteiger partial charge in [-0.1, -0.05) is 30.3 Å². The zero-order valence-corrected chi connectivity index (χ0v) is 23.2. The molecule has 0 bridgehead atoms. The Hall–Kier alpha value is -4.93. The normalized spacial score (nSPS) is 13.4. The zero-order chi connectivity index (χ0) is 31.7. The SMILES string of the molecule is NC(=O)CC(N)C(=O)NC(Cc1ccccc1)C(=O)NC(CCCN=C(N)N)C(=O)NC(CCCN=C(N)N)C(=O)O. The van der Waals surface area contributed by atoms with E-state index >= 15 is 0 Å².